The Kier molecular flexibility index (Phi) is 41.3. The second-order valence-electron chi connectivity index (χ2n) is 34.8. The summed E-state index contributed by atoms with van der Waals surface area (Å²) < 4.78 is 58.8. The number of hydrogen-bond acceptors (Lipinski definition) is 34. The fourth-order valence-electron chi connectivity index (χ4n) is 14.3. The molecule has 42 heteroatoms. The van der Waals surface area contributed by atoms with E-state index in [4.69, 9.17) is 48.4 Å². The Hall–Kier alpha value is -6.12. The molecule has 8 aromatic rings. The summed E-state index contributed by atoms with van der Waals surface area (Å²) in [5.74, 6) is 2.56. The lowest BCUT2D eigenvalue weighted by Gasteiger charge is -2.18. The number of fused-ring (bicyclic) bond motifs is 4. The summed E-state index contributed by atoms with van der Waals surface area (Å²) in [7, 11) is 0. The SMILES string of the molecule is C=P(C)(C)CC[C@H]1O[C@@H](n2cnc3c(NCC)ncnc32)[C@H](O)[C@@H]1O.C=P(C)(C)CC[C@H]1O[C@@H](n2cnc3c(NCCC)ncnc32)[C@H](O)[C@@H]1O.C=P(C)(C)CC[C@H]1O[C@@H](n2cnc3c(NCCCC)ncnc32)[C@H](O)[C@@H]1O.C=P(C)(C)CC[C@H]1O[C@@H](n2cnc3c(NCCCOCCCOCCCOCCCOCCCOCCCN)ncnc32)[C@H](O)[C@@H]1O. The van der Waals surface area contributed by atoms with Crippen LogP contribution in [0.5, 0.6) is 0 Å². The number of hydrogen-bond donors (Lipinski definition) is 13. The largest absolute Gasteiger partial charge is 0.388 e. The summed E-state index contributed by atoms with van der Waals surface area (Å²) in [4.78, 5) is 51.9. The van der Waals surface area contributed by atoms with E-state index in [1.807, 2.05) is 6.92 Å². The maximum absolute atomic E-state index is 10.7. The highest BCUT2D eigenvalue weighted by Crippen LogP contribution is 2.45. The number of nitrogens with one attached hydrogen (secondary N) is 4. The Labute approximate surface area is 735 Å². The van der Waals surface area contributed by atoms with Crippen LogP contribution in [0.2, 0.25) is 0 Å². The molecule has 0 bridgehead atoms. The summed E-state index contributed by atoms with van der Waals surface area (Å²) >= 11 is 0. The van der Waals surface area contributed by atoms with Gasteiger partial charge in [-0.15, -0.1) is 52.7 Å². The molecule has 8 aromatic heterocycles. The minimum absolute atomic E-state index is 0.423. The van der Waals surface area contributed by atoms with Crippen LogP contribution in [-0.4, -0.2) is 394 Å². The zero-order valence-electron chi connectivity index (χ0n) is 75.1. The van der Waals surface area contributed by atoms with Crippen molar-refractivity contribution in [1.29, 1.82) is 0 Å². The van der Waals surface area contributed by atoms with Gasteiger partial charge in [0.1, 0.15) is 74.1 Å². The summed E-state index contributed by atoms with van der Waals surface area (Å²) in [6.07, 6.45) is 30.8. The fraction of sp³-hybridized carbons (Fsp3) is 0.711. The molecule has 38 nitrogen and oxygen atoms in total. The Morgan fingerprint density at radius 1 is 0.328 bits per heavy atom. The van der Waals surface area contributed by atoms with Gasteiger partial charge >= 0.3 is 0 Å². The van der Waals surface area contributed by atoms with E-state index in [0.29, 0.717) is 166 Å². The van der Waals surface area contributed by atoms with Gasteiger partial charge < -0.3 is 110 Å². The Balaban J connectivity index is 0.000000196. The van der Waals surface area contributed by atoms with Gasteiger partial charge in [-0.3, -0.25) is 18.3 Å². The van der Waals surface area contributed by atoms with E-state index in [-0.39, 0.29) is 0 Å². The standard InChI is InChI=1S/C32H59N6O8P.C18H30N5O3P.C17H28N5O3P.C16H26N5O3P/c1-47(2,3)23-10-26-28(39)29(40)32(46-26)38-25-37-27-30(35-24-36-31(27)38)34-12-5-14-42-16-7-18-44-20-9-22-45-21-8-19-43-17-6-15-41-13-4-11-33;1-5-6-8-19-16-13-17(21-10-20-16)23(11-22-13)18-15(25)14(24)12(26-18)7-9-27(2,3)4;1-5-7-18-15-12-16(20-9-19-15)22(10-21-12)17-14(24)13(23)11(25-17)6-8-26(2,3)4;1-5-17-14-11-15(19-8-18-14)21(9-20-11)16-13(23)12(22)10(24-16)6-7-25(2,3)4/h24-26,28-29,32,39-40H,1,4-23,33H2,2-3H3,(H,34,35,36);10-12,14-15,18,24-25H,2,5-9H2,1,3-4H3,(H,19,20,21);9-11,13-14,17,23-24H,2,5-8H2,1,3-4H3,(H,18,19,20);8-10,12-13,16,22-23H,2,5-7H2,1,3-4H3,(H,17,18,19)/t26-,28-,29-,32-;12-,14-,15-,18-;11-,13-,14-,17-;10-,12-,13-,16-/m1111/s1. The highest BCUT2D eigenvalue weighted by Gasteiger charge is 2.48. The molecule has 0 radical (unpaired) electrons. The van der Waals surface area contributed by atoms with Crippen molar-refractivity contribution in [3.8, 4) is 0 Å². The average molecular weight is 1830 g/mol. The lowest BCUT2D eigenvalue weighted by Crippen LogP contribution is -2.31. The number of aliphatic hydroxyl groups excluding tert-OH is 8. The molecule has 0 aliphatic carbocycles. The first-order chi connectivity index (χ1) is 59.8. The van der Waals surface area contributed by atoms with E-state index in [2.05, 4.69) is 173 Å². The van der Waals surface area contributed by atoms with Gasteiger partial charge in [0.2, 0.25) is 0 Å². The zero-order valence-corrected chi connectivity index (χ0v) is 78.7. The number of nitrogens with two attached hydrogens (primary N) is 1. The molecule has 14 N–H and O–H groups in total. The van der Waals surface area contributed by atoms with Crippen LogP contribution in [0.15, 0.2) is 50.6 Å². The molecule has 12 heterocycles. The first-order valence-electron chi connectivity index (χ1n) is 43.8. The monoisotopic (exact) mass is 1830 g/mol. The van der Waals surface area contributed by atoms with Crippen molar-refractivity contribution in [2.24, 2.45) is 5.73 Å². The molecule has 4 aliphatic heterocycles. The highest BCUT2D eigenvalue weighted by molar-refractivity contribution is 7.73. The molecule has 12 rings (SSSR count). The summed E-state index contributed by atoms with van der Waals surface area (Å²) in [6.45, 7) is 28.9. The Bertz CT molecular complexity index is 4720. The minimum Gasteiger partial charge on any atom is -0.388 e. The molecular weight excluding hydrogens is 1690 g/mol. The maximum Gasteiger partial charge on any atom is 0.167 e. The van der Waals surface area contributed by atoms with Crippen molar-refractivity contribution >= 4 is 121 Å². The van der Waals surface area contributed by atoms with E-state index < -0.39 is 126 Å². The second kappa shape index (κ2) is 50.3. The van der Waals surface area contributed by atoms with Crippen molar-refractivity contribution in [1.82, 2.24) is 78.1 Å². The molecule has 4 saturated heterocycles. The Morgan fingerprint density at radius 2 is 0.576 bits per heavy atom. The van der Waals surface area contributed by atoms with Crippen LogP contribution >= 0.6 is 27.5 Å². The number of aromatic nitrogens is 16. The molecular formula is C83H143N21O17P4. The second-order valence-corrected chi connectivity index (χ2v) is 52.1. The third-order valence-corrected chi connectivity index (χ3v) is 27.1. The molecule has 0 spiro atoms. The smallest absolute Gasteiger partial charge is 0.167 e. The van der Waals surface area contributed by atoms with E-state index in [0.717, 1.165) is 109 Å². The van der Waals surface area contributed by atoms with E-state index in [1.165, 1.54) is 25.3 Å². The third kappa shape index (κ3) is 30.8. The highest BCUT2D eigenvalue weighted by atomic mass is 31.2. The number of nitrogens with zero attached hydrogens (tertiary/aromatic N) is 16. The first kappa shape index (κ1) is 103. The first-order valence-corrected chi connectivity index (χ1v) is 56.0. The summed E-state index contributed by atoms with van der Waals surface area (Å²) in [5.41, 5.74) is 10.1. The van der Waals surface area contributed by atoms with Gasteiger partial charge in [-0.1, -0.05) is 20.3 Å². The predicted molar refractivity (Wildman–Crippen MR) is 502 cm³/mol. The minimum atomic E-state index is -1.27. The van der Waals surface area contributed by atoms with Crippen LogP contribution in [0.25, 0.3) is 44.7 Å². The number of imidazole rings is 4. The van der Waals surface area contributed by atoms with Gasteiger partial charge in [0, 0.05) is 92.2 Å². The van der Waals surface area contributed by atoms with Crippen molar-refractivity contribution in [3.05, 3.63) is 50.6 Å². The number of unbranched alkanes of at least 4 members (excludes halogenated alkanes) is 1. The molecule has 0 amide bonds. The maximum atomic E-state index is 10.7. The van der Waals surface area contributed by atoms with Crippen molar-refractivity contribution in [2.45, 2.75) is 202 Å². The fourth-order valence-corrected chi connectivity index (χ4v) is 18.1. The summed E-state index contributed by atoms with van der Waals surface area (Å²) in [5, 5.41) is 97.0. The molecule has 125 heavy (non-hydrogen) atoms. The van der Waals surface area contributed by atoms with Gasteiger partial charge in [-0.2, -0.15) is 0 Å². The lowest BCUT2D eigenvalue weighted by molar-refractivity contribution is -0.0353. The molecule has 702 valence electrons. The number of rotatable bonds is 49. The third-order valence-electron chi connectivity index (χ3n) is 21.2. The molecule has 0 unspecified atom stereocenters. The van der Waals surface area contributed by atoms with Crippen LogP contribution in [0, 0.1) is 0 Å². The lowest BCUT2D eigenvalue weighted by atomic mass is 10.1. The van der Waals surface area contributed by atoms with Gasteiger partial charge in [0.05, 0.1) is 49.7 Å². The predicted octanol–water partition coefficient (Wildman–Crippen LogP) is 6.44. The number of anilines is 4. The van der Waals surface area contributed by atoms with E-state index in [9.17, 15) is 40.9 Å². The normalized spacial score (nSPS) is 24.1. The van der Waals surface area contributed by atoms with Crippen molar-refractivity contribution in [2.75, 3.05) is 198 Å². The van der Waals surface area contributed by atoms with Gasteiger partial charge in [-0.05, 0) is 168 Å². The van der Waals surface area contributed by atoms with Gasteiger partial charge in [0.15, 0.2) is 92.8 Å². The topological polar surface area (TPSA) is 493 Å². The van der Waals surface area contributed by atoms with Crippen LogP contribution in [0.4, 0.5) is 23.3 Å². The number of aliphatic hydroxyl groups is 8. The van der Waals surface area contributed by atoms with Crippen LogP contribution in [0.1, 0.15) is 129 Å². The van der Waals surface area contributed by atoms with Crippen LogP contribution in [0.3, 0.4) is 0 Å². The summed E-state index contributed by atoms with van der Waals surface area (Å²) in [6, 6.07) is 0. The molecule has 0 saturated carbocycles. The average Bonchev–Trinajstić information content (AvgIpc) is 1.64. The van der Waals surface area contributed by atoms with Crippen LogP contribution < -0.4 is 27.0 Å². The van der Waals surface area contributed by atoms with Crippen molar-refractivity contribution < 1.29 is 83.5 Å². The van der Waals surface area contributed by atoms with E-state index >= 15 is 0 Å². The van der Waals surface area contributed by atoms with Crippen LogP contribution in [-0.2, 0) is 42.6 Å². The molecule has 0 aromatic carbocycles. The Morgan fingerprint density at radius 3 is 0.824 bits per heavy atom. The van der Waals surface area contributed by atoms with Gasteiger partial charge in [-0.25, -0.2) is 59.8 Å². The zero-order chi connectivity index (χ0) is 90.4. The quantitative estimate of drug-likeness (QED) is 0.0144. The van der Waals surface area contributed by atoms with Gasteiger partial charge in [0.25, 0.3) is 0 Å². The molecule has 4 fully saturated rings. The number of ether oxygens (including phenoxy) is 9. The molecule has 4 aliphatic rings. The van der Waals surface area contributed by atoms with E-state index in [1.54, 1.807) is 43.6 Å². The van der Waals surface area contributed by atoms with Crippen molar-refractivity contribution in [3.63, 3.8) is 0 Å². The molecule has 16 atom stereocenters.